The predicted molar refractivity (Wildman–Crippen MR) is 167 cm³/mol. The third-order valence-corrected chi connectivity index (χ3v) is 7.64. The minimum atomic E-state index is -4.81. The number of hydrogen-bond donors (Lipinski definition) is 1. The quantitative estimate of drug-likeness (QED) is 0.242. The summed E-state index contributed by atoms with van der Waals surface area (Å²) in [4.78, 5) is 42.0. The van der Waals surface area contributed by atoms with E-state index in [1.807, 2.05) is 37.2 Å². The van der Waals surface area contributed by atoms with Crippen molar-refractivity contribution in [2.24, 2.45) is 4.99 Å². The predicted octanol–water partition coefficient (Wildman–Crippen LogP) is 6.22. The highest BCUT2D eigenvalue weighted by Crippen LogP contribution is 2.34. The molecule has 15 heteroatoms. The number of benzene rings is 2. The topological polar surface area (TPSA) is 118 Å². The molecule has 2 aromatic carbocycles. The summed E-state index contributed by atoms with van der Waals surface area (Å²) in [5, 5.41) is 7.46. The molecular formula is C30H29F3N8O3S. The lowest BCUT2D eigenvalue weighted by molar-refractivity contribution is -0.274. The molecule has 3 amide bonds. The van der Waals surface area contributed by atoms with Crippen LogP contribution in [-0.2, 0) is 11.2 Å². The van der Waals surface area contributed by atoms with Crippen LogP contribution < -0.4 is 19.9 Å². The highest BCUT2D eigenvalue weighted by atomic mass is 32.2. The molecule has 0 radical (unpaired) electrons. The number of carbonyl (C=O) groups is 2. The van der Waals surface area contributed by atoms with Crippen LogP contribution in [0.2, 0.25) is 0 Å². The van der Waals surface area contributed by atoms with E-state index in [-0.39, 0.29) is 17.5 Å². The van der Waals surface area contributed by atoms with Gasteiger partial charge in [0.15, 0.2) is 16.8 Å². The van der Waals surface area contributed by atoms with E-state index in [1.165, 1.54) is 33.7 Å². The van der Waals surface area contributed by atoms with Crippen LogP contribution in [-0.4, -0.2) is 63.1 Å². The van der Waals surface area contributed by atoms with Crippen molar-refractivity contribution in [2.75, 3.05) is 35.0 Å². The molecule has 0 aliphatic carbocycles. The highest BCUT2D eigenvalue weighted by Gasteiger charge is 2.33. The molecule has 5 rings (SSSR count). The summed E-state index contributed by atoms with van der Waals surface area (Å²) in [6, 6.07) is 13.0. The highest BCUT2D eigenvalue weighted by molar-refractivity contribution is 8.15. The zero-order valence-corrected chi connectivity index (χ0v) is 25.6. The van der Waals surface area contributed by atoms with Crippen LogP contribution in [0.15, 0.2) is 66.0 Å². The SMILES string of the molecule is CCCc1ccc(N(C)C)cc1N1C(=O)CSC1=NC(=O)Nc1ccc(-c2ncn(-c3ccc(OC(F)(F)F)cn3)n2)cc1C. The summed E-state index contributed by atoms with van der Waals surface area (Å²) in [6.45, 7) is 3.87. The monoisotopic (exact) mass is 638 g/mol. The Hall–Kier alpha value is -4.92. The van der Waals surface area contributed by atoms with E-state index in [4.69, 9.17) is 0 Å². The summed E-state index contributed by atoms with van der Waals surface area (Å²) in [5.74, 6) is 0.172. The van der Waals surface area contributed by atoms with Gasteiger partial charge in [0.2, 0.25) is 5.91 Å². The van der Waals surface area contributed by atoms with Crippen molar-refractivity contribution in [3.8, 4) is 23.0 Å². The Bertz CT molecular complexity index is 1760. The standard InChI is InChI=1S/C30H29F3N8O3S/c1-5-6-19-7-9-21(39(3)4)14-24(19)41-26(42)16-45-29(41)37-28(43)36-23-11-8-20(13-18(23)2)27-35-17-40(38-27)25-12-10-22(15-34-25)44-30(31,32)33/h7-15,17H,5-6,16H2,1-4H3,(H,36,43). The molecule has 1 saturated heterocycles. The van der Waals surface area contributed by atoms with Gasteiger partial charge in [0, 0.05) is 31.0 Å². The molecule has 0 saturated carbocycles. The third-order valence-electron chi connectivity index (χ3n) is 6.72. The van der Waals surface area contributed by atoms with Gasteiger partial charge < -0.3 is 15.0 Å². The van der Waals surface area contributed by atoms with E-state index < -0.39 is 18.1 Å². The van der Waals surface area contributed by atoms with Crippen molar-refractivity contribution in [3.63, 3.8) is 0 Å². The molecule has 45 heavy (non-hydrogen) atoms. The molecule has 4 aromatic rings. The zero-order valence-electron chi connectivity index (χ0n) is 24.8. The van der Waals surface area contributed by atoms with Crippen molar-refractivity contribution in [1.82, 2.24) is 19.7 Å². The molecule has 234 valence electrons. The Morgan fingerprint density at radius 1 is 1.13 bits per heavy atom. The van der Waals surface area contributed by atoms with E-state index in [9.17, 15) is 22.8 Å². The number of halogens is 3. The van der Waals surface area contributed by atoms with Gasteiger partial charge in [-0.15, -0.1) is 18.3 Å². The number of aliphatic imine (C=N–C) groups is 1. The fourth-order valence-electron chi connectivity index (χ4n) is 4.58. The van der Waals surface area contributed by atoms with Gasteiger partial charge in [0.25, 0.3) is 0 Å². The number of ether oxygens (including phenoxy) is 1. The molecule has 11 nitrogen and oxygen atoms in total. The Morgan fingerprint density at radius 2 is 1.93 bits per heavy atom. The van der Waals surface area contributed by atoms with E-state index in [0.717, 1.165) is 42.0 Å². The molecule has 3 heterocycles. The number of aryl methyl sites for hydroxylation is 2. The molecule has 1 aliphatic heterocycles. The summed E-state index contributed by atoms with van der Waals surface area (Å²) < 4.78 is 42.4. The summed E-state index contributed by atoms with van der Waals surface area (Å²) >= 11 is 1.21. The molecular weight excluding hydrogens is 609 g/mol. The average Bonchev–Trinajstić information content (AvgIpc) is 3.61. The van der Waals surface area contributed by atoms with Gasteiger partial charge in [-0.3, -0.25) is 9.69 Å². The van der Waals surface area contributed by atoms with Crippen molar-refractivity contribution >= 4 is 45.9 Å². The number of nitrogens with one attached hydrogen (secondary N) is 1. The van der Waals surface area contributed by atoms with Crippen molar-refractivity contribution in [3.05, 3.63) is 72.2 Å². The molecule has 1 fully saturated rings. The van der Waals surface area contributed by atoms with E-state index in [0.29, 0.717) is 27.8 Å². The van der Waals surface area contributed by atoms with E-state index in [2.05, 4.69) is 37.0 Å². The van der Waals surface area contributed by atoms with Gasteiger partial charge in [-0.2, -0.15) is 4.99 Å². The van der Waals surface area contributed by atoms with Crippen LogP contribution in [0.1, 0.15) is 24.5 Å². The number of amidine groups is 1. The minimum Gasteiger partial charge on any atom is -0.404 e. The summed E-state index contributed by atoms with van der Waals surface area (Å²) in [7, 11) is 3.85. The number of nitrogens with zero attached hydrogens (tertiary/aromatic N) is 7. The zero-order chi connectivity index (χ0) is 32.3. The number of hydrogen-bond acceptors (Lipinski definition) is 8. The number of rotatable bonds is 8. The van der Waals surface area contributed by atoms with Gasteiger partial charge in [-0.05, 0) is 66.9 Å². The summed E-state index contributed by atoms with van der Waals surface area (Å²) in [5.41, 5.74) is 4.50. The first-order valence-electron chi connectivity index (χ1n) is 13.8. The minimum absolute atomic E-state index is 0.145. The normalized spacial score (nSPS) is 14.2. The van der Waals surface area contributed by atoms with Crippen LogP contribution in [0.3, 0.4) is 0 Å². The number of aromatic nitrogens is 4. The number of pyridine rings is 1. The Balaban J connectivity index is 1.31. The van der Waals surface area contributed by atoms with Gasteiger partial charge in [0.1, 0.15) is 12.1 Å². The smallest absolute Gasteiger partial charge is 0.404 e. The van der Waals surface area contributed by atoms with E-state index in [1.54, 1.807) is 25.1 Å². The lowest BCUT2D eigenvalue weighted by atomic mass is 10.1. The van der Waals surface area contributed by atoms with Crippen LogP contribution in [0, 0.1) is 6.92 Å². The molecule has 1 N–H and O–H groups in total. The van der Waals surface area contributed by atoms with Gasteiger partial charge >= 0.3 is 12.4 Å². The molecule has 0 atom stereocenters. The first kappa shape index (κ1) is 31.5. The van der Waals surface area contributed by atoms with E-state index >= 15 is 0 Å². The lowest BCUT2D eigenvalue weighted by Gasteiger charge is -2.22. The van der Waals surface area contributed by atoms with Gasteiger partial charge in [0.05, 0.1) is 17.6 Å². The Kier molecular flexibility index (Phi) is 9.09. The molecule has 2 aromatic heterocycles. The van der Waals surface area contributed by atoms with Crippen molar-refractivity contribution < 1.29 is 27.5 Å². The maximum absolute atomic E-state index is 13.0. The lowest BCUT2D eigenvalue weighted by Crippen LogP contribution is -2.31. The maximum atomic E-state index is 13.0. The number of urea groups is 1. The van der Waals surface area contributed by atoms with Crippen LogP contribution in [0.5, 0.6) is 5.75 Å². The maximum Gasteiger partial charge on any atom is 0.573 e. The first-order valence-corrected chi connectivity index (χ1v) is 14.8. The van der Waals surface area contributed by atoms with Crippen LogP contribution >= 0.6 is 11.8 Å². The number of thioether (sulfide) groups is 1. The third kappa shape index (κ3) is 7.42. The molecule has 0 unspecified atom stereocenters. The van der Waals surface area contributed by atoms with Crippen LogP contribution in [0.25, 0.3) is 17.2 Å². The Labute approximate surface area is 261 Å². The number of alkyl halides is 3. The van der Waals surface area contributed by atoms with Crippen LogP contribution in [0.4, 0.5) is 35.0 Å². The molecule has 1 aliphatic rings. The van der Waals surface area contributed by atoms with Gasteiger partial charge in [-0.1, -0.05) is 31.2 Å². The van der Waals surface area contributed by atoms with Crippen molar-refractivity contribution in [2.45, 2.75) is 33.1 Å². The first-order chi connectivity index (χ1) is 21.4. The second-order valence-corrected chi connectivity index (χ2v) is 11.2. The number of amides is 3. The largest absolute Gasteiger partial charge is 0.573 e. The fraction of sp³-hybridized carbons (Fsp3) is 0.267. The average molecular weight is 639 g/mol. The molecule has 0 bridgehead atoms. The summed E-state index contributed by atoms with van der Waals surface area (Å²) in [6.07, 6.45) is -0.817. The molecule has 0 spiro atoms. The second kappa shape index (κ2) is 13.0. The second-order valence-electron chi connectivity index (χ2n) is 10.2. The van der Waals surface area contributed by atoms with Crippen molar-refractivity contribution in [1.29, 1.82) is 0 Å². The number of anilines is 3. The van der Waals surface area contributed by atoms with Gasteiger partial charge in [-0.25, -0.2) is 19.4 Å². The number of carbonyl (C=O) groups excluding carboxylic acids is 2. The Morgan fingerprint density at radius 3 is 2.60 bits per heavy atom. The fourth-order valence-corrected chi connectivity index (χ4v) is 5.44.